The molecule has 1 amide bonds. The topological polar surface area (TPSA) is 79.0 Å². The molecule has 0 aromatic heterocycles. The molecule has 0 unspecified atom stereocenters. The largest absolute Gasteiger partial charge is 0.379 e. The summed E-state index contributed by atoms with van der Waals surface area (Å²) in [5.41, 5.74) is 3.85. The van der Waals surface area contributed by atoms with Crippen LogP contribution in [0.25, 0.3) is 0 Å². The smallest absolute Gasteiger partial charge is 0.251 e. The number of benzene rings is 3. The lowest BCUT2D eigenvalue weighted by Crippen LogP contribution is -2.35. The van der Waals surface area contributed by atoms with Crippen LogP contribution in [0, 0.1) is 0 Å². The summed E-state index contributed by atoms with van der Waals surface area (Å²) in [6.07, 6.45) is 1.15. The van der Waals surface area contributed by atoms with Crippen molar-refractivity contribution in [3.8, 4) is 0 Å². The quantitative estimate of drug-likeness (QED) is 0.454. The fraction of sp³-hybridized carbons (Fsp3) is 0.296. The summed E-state index contributed by atoms with van der Waals surface area (Å²) in [6.45, 7) is 4.84. The highest BCUT2D eigenvalue weighted by molar-refractivity contribution is 7.92. The highest BCUT2D eigenvalue weighted by Crippen LogP contribution is 2.24. The minimum absolute atomic E-state index is 0.103. The average molecular weight is 528 g/mol. The van der Waals surface area contributed by atoms with Crippen molar-refractivity contribution in [2.75, 3.05) is 36.9 Å². The lowest BCUT2D eigenvalue weighted by Gasteiger charge is -2.26. The summed E-state index contributed by atoms with van der Waals surface area (Å²) < 4.78 is 31.6. The van der Waals surface area contributed by atoms with Crippen LogP contribution in [0.2, 0.25) is 5.02 Å². The number of nitrogens with zero attached hydrogens (tertiary/aromatic N) is 2. The molecule has 0 atom stereocenters. The Bertz CT molecular complexity index is 1280. The number of nitrogens with one attached hydrogen (secondary N) is 1. The highest BCUT2D eigenvalue weighted by atomic mass is 35.5. The minimum atomic E-state index is -3.56. The Labute approximate surface area is 217 Å². The first-order valence-corrected chi connectivity index (χ1v) is 14.0. The van der Waals surface area contributed by atoms with Crippen molar-refractivity contribution in [1.29, 1.82) is 0 Å². The van der Waals surface area contributed by atoms with E-state index < -0.39 is 10.0 Å². The predicted octanol–water partition coefficient (Wildman–Crippen LogP) is 4.07. The number of carbonyl (C=O) groups excluding carboxylic acids is 1. The van der Waals surface area contributed by atoms with Gasteiger partial charge in [0.2, 0.25) is 10.0 Å². The molecule has 1 fully saturated rings. The van der Waals surface area contributed by atoms with Crippen LogP contribution in [0.15, 0.2) is 72.8 Å². The SMILES string of the molecule is CS(=O)(=O)N(Cc1ccccc1Cl)c1ccc(C(=O)NCc2ccc(CN3CCOCC3)cc2)cc1. The highest BCUT2D eigenvalue weighted by Gasteiger charge is 2.19. The molecule has 9 heteroatoms. The molecule has 190 valence electrons. The van der Waals surface area contributed by atoms with Crippen molar-refractivity contribution in [2.45, 2.75) is 19.6 Å². The van der Waals surface area contributed by atoms with Gasteiger partial charge in [-0.25, -0.2) is 8.42 Å². The van der Waals surface area contributed by atoms with Gasteiger partial charge in [0.1, 0.15) is 0 Å². The number of hydrogen-bond acceptors (Lipinski definition) is 5. The Balaban J connectivity index is 1.35. The molecule has 0 spiro atoms. The van der Waals surface area contributed by atoms with E-state index in [1.165, 1.54) is 9.87 Å². The Morgan fingerprint density at radius 2 is 1.61 bits per heavy atom. The van der Waals surface area contributed by atoms with Crippen LogP contribution in [-0.2, 0) is 34.4 Å². The second-order valence-electron chi connectivity index (χ2n) is 8.80. The van der Waals surface area contributed by atoms with Gasteiger partial charge < -0.3 is 10.1 Å². The van der Waals surface area contributed by atoms with Crippen molar-refractivity contribution in [3.63, 3.8) is 0 Å². The second-order valence-corrected chi connectivity index (χ2v) is 11.1. The maximum absolute atomic E-state index is 12.7. The van der Waals surface area contributed by atoms with Gasteiger partial charge in [0.25, 0.3) is 5.91 Å². The zero-order valence-corrected chi connectivity index (χ0v) is 21.8. The monoisotopic (exact) mass is 527 g/mol. The number of amides is 1. The zero-order valence-electron chi connectivity index (χ0n) is 20.2. The predicted molar refractivity (Wildman–Crippen MR) is 143 cm³/mol. The molecule has 0 radical (unpaired) electrons. The molecule has 3 aromatic carbocycles. The van der Waals surface area contributed by atoms with E-state index in [1.807, 2.05) is 18.2 Å². The van der Waals surface area contributed by atoms with Gasteiger partial charge in [-0.2, -0.15) is 0 Å². The van der Waals surface area contributed by atoms with Gasteiger partial charge in [-0.05, 0) is 47.0 Å². The molecule has 1 N–H and O–H groups in total. The average Bonchev–Trinajstić information content (AvgIpc) is 2.88. The summed E-state index contributed by atoms with van der Waals surface area (Å²) in [5.74, 6) is -0.226. The Morgan fingerprint density at radius 3 is 2.25 bits per heavy atom. The number of ether oxygens (including phenoxy) is 1. The Morgan fingerprint density at radius 1 is 0.972 bits per heavy atom. The van der Waals surface area contributed by atoms with Gasteiger partial charge in [-0.1, -0.05) is 54.1 Å². The molecular formula is C27H30ClN3O4S. The number of morpholine rings is 1. The molecule has 1 heterocycles. The molecule has 0 aliphatic carbocycles. The summed E-state index contributed by atoms with van der Waals surface area (Å²) in [6, 6.07) is 21.9. The molecule has 7 nitrogen and oxygen atoms in total. The first-order chi connectivity index (χ1) is 17.3. The van der Waals surface area contributed by atoms with E-state index >= 15 is 0 Å². The molecule has 36 heavy (non-hydrogen) atoms. The number of carbonyl (C=O) groups is 1. The normalized spacial score (nSPS) is 14.4. The van der Waals surface area contributed by atoms with Crippen LogP contribution in [-0.4, -0.2) is 51.8 Å². The number of halogens is 1. The van der Waals surface area contributed by atoms with Gasteiger partial charge in [-0.15, -0.1) is 0 Å². The van der Waals surface area contributed by atoms with E-state index in [2.05, 4.69) is 22.3 Å². The third-order valence-electron chi connectivity index (χ3n) is 6.08. The van der Waals surface area contributed by atoms with Gasteiger partial charge >= 0.3 is 0 Å². The third kappa shape index (κ3) is 7.07. The molecule has 1 aliphatic heterocycles. The summed E-state index contributed by atoms with van der Waals surface area (Å²) in [5, 5.41) is 3.42. The van der Waals surface area contributed by atoms with E-state index in [9.17, 15) is 13.2 Å². The van der Waals surface area contributed by atoms with Crippen LogP contribution in [0.3, 0.4) is 0 Å². The standard InChI is InChI=1S/C27H30ClN3O4S/c1-36(33,34)31(20-24-4-2-3-5-26(24)28)25-12-10-23(11-13-25)27(32)29-18-21-6-8-22(9-7-21)19-30-14-16-35-17-15-30/h2-13H,14-20H2,1H3,(H,29,32). The lowest BCUT2D eigenvalue weighted by molar-refractivity contribution is 0.0342. The zero-order chi connectivity index (χ0) is 25.5. The van der Waals surface area contributed by atoms with E-state index in [-0.39, 0.29) is 12.5 Å². The van der Waals surface area contributed by atoms with E-state index in [0.29, 0.717) is 28.4 Å². The molecule has 0 bridgehead atoms. The maximum Gasteiger partial charge on any atom is 0.251 e. The van der Waals surface area contributed by atoms with Crippen LogP contribution in [0.1, 0.15) is 27.0 Å². The number of hydrogen-bond donors (Lipinski definition) is 1. The third-order valence-corrected chi connectivity index (χ3v) is 7.58. The first kappa shape index (κ1) is 26.2. The van der Waals surface area contributed by atoms with Crippen molar-refractivity contribution in [2.24, 2.45) is 0 Å². The Kier molecular flexibility index (Phi) is 8.64. The number of sulfonamides is 1. The van der Waals surface area contributed by atoms with E-state index in [1.54, 1.807) is 42.5 Å². The molecule has 1 aliphatic rings. The first-order valence-electron chi connectivity index (χ1n) is 11.8. The number of anilines is 1. The lowest BCUT2D eigenvalue weighted by atomic mass is 10.1. The molecule has 0 saturated carbocycles. The summed E-state index contributed by atoms with van der Waals surface area (Å²) in [7, 11) is -3.56. The molecule has 3 aromatic rings. The van der Waals surface area contributed by atoms with Crippen molar-refractivity contribution >= 4 is 33.2 Å². The number of rotatable bonds is 9. The van der Waals surface area contributed by atoms with Gasteiger partial charge in [-0.3, -0.25) is 14.0 Å². The fourth-order valence-electron chi connectivity index (χ4n) is 4.02. The van der Waals surface area contributed by atoms with Crippen molar-refractivity contribution in [3.05, 3.63) is 100 Å². The summed E-state index contributed by atoms with van der Waals surface area (Å²) >= 11 is 6.23. The summed E-state index contributed by atoms with van der Waals surface area (Å²) in [4.78, 5) is 15.0. The molecular weight excluding hydrogens is 498 g/mol. The van der Waals surface area contributed by atoms with Crippen LogP contribution in [0.5, 0.6) is 0 Å². The van der Waals surface area contributed by atoms with E-state index in [4.69, 9.17) is 16.3 Å². The molecule has 1 saturated heterocycles. The van der Waals surface area contributed by atoms with Gasteiger partial charge in [0.05, 0.1) is 31.7 Å². The van der Waals surface area contributed by atoms with Gasteiger partial charge in [0, 0.05) is 36.8 Å². The molecule has 4 rings (SSSR count). The maximum atomic E-state index is 12.7. The van der Waals surface area contributed by atoms with Crippen molar-refractivity contribution < 1.29 is 17.9 Å². The fourth-order valence-corrected chi connectivity index (χ4v) is 5.10. The Hall–Kier alpha value is -2.91. The van der Waals surface area contributed by atoms with Crippen LogP contribution in [0.4, 0.5) is 5.69 Å². The second kappa shape index (κ2) is 11.9. The van der Waals surface area contributed by atoms with Crippen LogP contribution < -0.4 is 9.62 Å². The van der Waals surface area contributed by atoms with Crippen LogP contribution >= 0.6 is 11.6 Å². The minimum Gasteiger partial charge on any atom is -0.379 e. The van der Waals surface area contributed by atoms with Crippen molar-refractivity contribution in [1.82, 2.24) is 10.2 Å². The van der Waals surface area contributed by atoms with Gasteiger partial charge in [0.15, 0.2) is 0 Å². The van der Waals surface area contributed by atoms with E-state index in [0.717, 1.165) is 44.7 Å².